The number of likely N-dealkylation sites (tertiary alicyclic amines) is 1. The molecule has 1 aromatic rings. The lowest BCUT2D eigenvalue weighted by Crippen LogP contribution is -2.39. The number of carbonyl (C=O) groups excluding carboxylic acids is 1. The lowest BCUT2D eigenvalue weighted by Gasteiger charge is -2.32. The largest absolute Gasteiger partial charge is 0.460 e. The first-order valence-electron chi connectivity index (χ1n) is 11.2. The van der Waals surface area contributed by atoms with Crippen molar-refractivity contribution in [3.05, 3.63) is 41.5 Å². The molecule has 0 amide bonds. The van der Waals surface area contributed by atoms with Crippen LogP contribution >= 0.6 is 0 Å². The SMILES string of the molecule is C/C(=C\c1ccccc1)C1CC1NCC1CCN(CCC(=O)OC(C)(C)C)CC1. The minimum Gasteiger partial charge on any atom is -0.460 e. The first-order valence-corrected chi connectivity index (χ1v) is 11.2. The van der Waals surface area contributed by atoms with Gasteiger partial charge >= 0.3 is 5.97 Å². The van der Waals surface area contributed by atoms with Gasteiger partial charge < -0.3 is 15.0 Å². The summed E-state index contributed by atoms with van der Waals surface area (Å²) >= 11 is 0. The van der Waals surface area contributed by atoms with Crippen molar-refractivity contribution in [1.82, 2.24) is 10.2 Å². The van der Waals surface area contributed by atoms with Crippen molar-refractivity contribution in [3.63, 3.8) is 0 Å². The number of carbonyl (C=O) groups is 1. The van der Waals surface area contributed by atoms with Crippen LogP contribution < -0.4 is 5.32 Å². The van der Waals surface area contributed by atoms with Gasteiger partial charge in [-0.2, -0.15) is 0 Å². The second-order valence-corrected chi connectivity index (χ2v) is 9.78. The summed E-state index contributed by atoms with van der Waals surface area (Å²) in [6.07, 6.45) is 6.53. The number of esters is 1. The summed E-state index contributed by atoms with van der Waals surface area (Å²) in [6.45, 7) is 12.2. The smallest absolute Gasteiger partial charge is 0.307 e. The second kappa shape index (κ2) is 9.90. The lowest BCUT2D eigenvalue weighted by molar-refractivity contribution is -0.155. The second-order valence-electron chi connectivity index (χ2n) is 9.78. The third-order valence-corrected chi connectivity index (χ3v) is 6.00. The number of rotatable bonds is 8. The molecule has 0 radical (unpaired) electrons. The van der Waals surface area contributed by atoms with Crippen LogP contribution in [0.4, 0.5) is 0 Å². The van der Waals surface area contributed by atoms with Crippen molar-refractivity contribution in [2.75, 3.05) is 26.2 Å². The third-order valence-electron chi connectivity index (χ3n) is 6.00. The van der Waals surface area contributed by atoms with Crippen LogP contribution in [-0.4, -0.2) is 48.7 Å². The Labute approximate surface area is 176 Å². The van der Waals surface area contributed by atoms with Crippen LogP contribution in [0.25, 0.3) is 6.08 Å². The Morgan fingerprint density at radius 1 is 1.21 bits per heavy atom. The fourth-order valence-electron chi connectivity index (χ4n) is 4.22. The number of benzene rings is 1. The third kappa shape index (κ3) is 7.60. The molecule has 2 unspecified atom stereocenters. The molecule has 1 saturated heterocycles. The number of piperidine rings is 1. The monoisotopic (exact) mass is 398 g/mol. The fourth-order valence-corrected chi connectivity index (χ4v) is 4.22. The number of nitrogens with one attached hydrogen (secondary N) is 1. The van der Waals surface area contributed by atoms with Gasteiger partial charge in [-0.25, -0.2) is 0 Å². The van der Waals surface area contributed by atoms with Crippen molar-refractivity contribution in [1.29, 1.82) is 0 Å². The van der Waals surface area contributed by atoms with Gasteiger partial charge in [0.2, 0.25) is 0 Å². The molecule has 0 bridgehead atoms. The van der Waals surface area contributed by atoms with E-state index in [4.69, 9.17) is 4.74 Å². The van der Waals surface area contributed by atoms with Gasteiger partial charge in [0.15, 0.2) is 0 Å². The van der Waals surface area contributed by atoms with E-state index in [0.717, 1.165) is 32.1 Å². The summed E-state index contributed by atoms with van der Waals surface area (Å²) in [5.41, 5.74) is 2.41. The number of ether oxygens (including phenoxy) is 1. The van der Waals surface area contributed by atoms with Crippen LogP contribution in [0, 0.1) is 11.8 Å². The zero-order chi connectivity index (χ0) is 20.9. The molecule has 1 saturated carbocycles. The number of hydrogen-bond donors (Lipinski definition) is 1. The zero-order valence-corrected chi connectivity index (χ0v) is 18.6. The Kier molecular flexibility index (Phi) is 7.53. The molecule has 4 heteroatoms. The average molecular weight is 399 g/mol. The highest BCUT2D eigenvalue weighted by Gasteiger charge is 2.38. The Morgan fingerprint density at radius 3 is 2.55 bits per heavy atom. The normalized spacial score (nSPS) is 23.8. The van der Waals surface area contributed by atoms with Crippen molar-refractivity contribution in [3.8, 4) is 0 Å². The molecular weight excluding hydrogens is 360 g/mol. The molecule has 1 N–H and O–H groups in total. The van der Waals surface area contributed by atoms with Gasteiger partial charge in [0.1, 0.15) is 5.60 Å². The van der Waals surface area contributed by atoms with E-state index in [2.05, 4.69) is 53.5 Å². The standard InChI is InChI=1S/C25H38N2O2/c1-19(16-20-8-6-5-7-9-20)22-17-23(22)26-18-21-10-13-27(14-11-21)15-12-24(28)29-25(2,3)4/h5-9,16,21-23,26H,10-15,17-18H2,1-4H3/b19-16+. The fraction of sp³-hybridized carbons (Fsp3) is 0.640. The van der Waals surface area contributed by atoms with E-state index in [-0.39, 0.29) is 11.6 Å². The maximum Gasteiger partial charge on any atom is 0.307 e. The quantitative estimate of drug-likeness (QED) is 0.654. The average Bonchev–Trinajstić information content (AvgIpc) is 3.45. The number of nitrogens with zero attached hydrogens (tertiary/aromatic N) is 1. The van der Waals surface area contributed by atoms with E-state index in [1.807, 2.05) is 20.8 Å². The minimum absolute atomic E-state index is 0.0833. The van der Waals surface area contributed by atoms with Crippen LogP contribution in [0.1, 0.15) is 58.9 Å². The highest BCUT2D eigenvalue weighted by atomic mass is 16.6. The molecule has 2 aliphatic rings. The molecule has 4 nitrogen and oxygen atoms in total. The van der Waals surface area contributed by atoms with Crippen LogP contribution in [-0.2, 0) is 9.53 Å². The molecule has 3 rings (SSSR count). The minimum atomic E-state index is -0.384. The first kappa shape index (κ1) is 22.0. The highest BCUT2D eigenvalue weighted by molar-refractivity contribution is 5.70. The van der Waals surface area contributed by atoms with Gasteiger partial charge in [0.05, 0.1) is 6.42 Å². The van der Waals surface area contributed by atoms with Crippen molar-refractivity contribution < 1.29 is 9.53 Å². The zero-order valence-electron chi connectivity index (χ0n) is 18.6. The van der Waals surface area contributed by atoms with Gasteiger partial charge in [0.25, 0.3) is 0 Å². The van der Waals surface area contributed by atoms with Crippen LogP contribution in [0.15, 0.2) is 35.9 Å². The van der Waals surface area contributed by atoms with E-state index in [1.54, 1.807) is 0 Å². The molecule has 29 heavy (non-hydrogen) atoms. The Bertz CT molecular complexity index is 685. The van der Waals surface area contributed by atoms with Gasteiger partial charge in [0, 0.05) is 12.6 Å². The van der Waals surface area contributed by atoms with E-state index < -0.39 is 0 Å². The Hall–Kier alpha value is -1.65. The molecule has 1 aliphatic heterocycles. The van der Waals surface area contributed by atoms with E-state index >= 15 is 0 Å². The van der Waals surface area contributed by atoms with Gasteiger partial charge in [-0.15, -0.1) is 0 Å². The van der Waals surface area contributed by atoms with Gasteiger partial charge in [-0.3, -0.25) is 4.79 Å². The molecule has 160 valence electrons. The molecule has 0 spiro atoms. The molecule has 0 aromatic heterocycles. The summed E-state index contributed by atoms with van der Waals surface area (Å²) in [7, 11) is 0. The van der Waals surface area contributed by atoms with Crippen LogP contribution in [0.5, 0.6) is 0 Å². The maximum absolute atomic E-state index is 11.9. The predicted octanol–water partition coefficient (Wildman–Crippen LogP) is 4.51. The summed E-state index contributed by atoms with van der Waals surface area (Å²) in [5, 5.41) is 3.80. The predicted molar refractivity (Wildman–Crippen MR) is 120 cm³/mol. The van der Waals surface area contributed by atoms with Gasteiger partial charge in [-0.1, -0.05) is 42.0 Å². The van der Waals surface area contributed by atoms with Gasteiger partial charge in [-0.05, 0) is 84.0 Å². The molecule has 1 aromatic carbocycles. The molecule has 1 heterocycles. The van der Waals surface area contributed by atoms with E-state index in [0.29, 0.717) is 18.4 Å². The van der Waals surface area contributed by atoms with Crippen LogP contribution in [0.3, 0.4) is 0 Å². The number of hydrogen-bond acceptors (Lipinski definition) is 4. The van der Waals surface area contributed by atoms with Crippen molar-refractivity contribution >= 4 is 12.0 Å². The molecular formula is C25H38N2O2. The first-order chi connectivity index (χ1) is 13.8. The molecule has 2 atom stereocenters. The Balaban J connectivity index is 1.30. The summed E-state index contributed by atoms with van der Waals surface area (Å²) in [5.74, 6) is 1.37. The topological polar surface area (TPSA) is 41.6 Å². The van der Waals surface area contributed by atoms with E-state index in [9.17, 15) is 4.79 Å². The van der Waals surface area contributed by atoms with E-state index in [1.165, 1.54) is 30.4 Å². The molecule has 2 fully saturated rings. The summed E-state index contributed by atoms with van der Waals surface area (Å²) in [6, 6.07) is 11.3. The molecule has 1 aliphatic carbocycles. The summed E-state index contributed by atoms with van der Waals surface area (Å²) < 4.78 is 5.41. The lowest BCUT2D eigenvalue weighted by atomic mass is 9.96. The van der Waals surface area contributed by atoms with Crippen LogP contribution in [0.2, 0.25) is 0 Å². The Morgan fingerprint density at radius 2 is 1.90 bits per heavy atom. The highest BCUT2D eigenvalue weighted by Crippen LogP contribution is 2.38. The van der Waals surface area contributed by atoms with Crippen molar-refractivity contribution in [2.24, 2.45) is 11.8 Å². The van der Waals surface area contributed by atoms with Crippen molar-refractivity contribution in [2.45, 2.75) is 65.0 Å². The maximum atomic E-state index is 11.9. The summed E-state index contributed by atoms with van der Waals surface area (Å²) in [4.78, 5) is 14.3.